The zero-order valence-corrected chi connectivity index (χ0v) is 9.99. The van der Waals surface area contributed by atoms with Crippen LogP contribution in [0, 0.1) is 30.5 Å². The molecule has 0 atom stereocenters. The molecule has 0 saturated heterocycles. The van der Waals surface area contributed by atoms with Gasteiger partial charge in [0.15, 0.2) is 11.6 Å². The van der Waals surface area contributed by atoms with Crippen molar-refractivity contribution in [3.8, 4) is 0 Å². The highest BCUT2D eigenvalue weighted by Gasteiger charge is 2.21. The highest BCUT2D eigenvalue weighted by atomic mass is 32.2. The molecule has 0 aliphatic heterocycles. The Morgan fingerprint density at radius 3 is 2.17 bits per heavy atom. The standard InChI is InChI=1S/C12H7F4NS/c1-6-3-2-4-7(5-6)18-10-8(13)11(15)17-12(16)9(10)14/h2-5H,1H3. The monoisotopic (exact) mass is 273 g/mol. The lowest BCUT2D eigenvalue weighted by atomic mass is 10.2. The third-order valence-corrected chi connectivity index (χ3v) is 3.22. The molecule has 18 heavy (non-hydrogen) atoms. The quantitative estimate of drug-likeness (QED) is 0.603. The van der Waals surface area contributed by atoms with Crippen molar-refractivity contribution in [3.05, 3.63) is 53.4 Å². The van der Waals surface area contributed by atoms with Gasteiger partial charge in [-0.25, -0.2) is 8.78 Å². The molecule has 0 N–H and O–H groups in total. The van der Waals surface area contributed by atoms with Gasteiger partial charge in [-0.05, 0) is 19.1 Å². The number of benzene rings is 1. The summed E-state index contributed by atoms with van der Waals surface area (Å²) < 4.78 is 52.5. The average molecular weight is 273 g/mol. The second kappa shape index (κ2) is 4.97. The summed E-state index contributed by atoms with van der Waals surface area (Å²) in [6, 6.07) is 6.72. The minimum atomic E-state index is -1.65. The zero-order chi connectivity index (χ0) is 13.3. The molecule has 0 aliphatic rings. The first kappa shape index (κ1) is 12.9. The van der Waals surface area contributed by atoms with E-state index in [0.29, 0.717) is 16.7 Å². The minimum absolute atomic E-state index is 0.484. The number of aryl methyl sites for hydroxylation is 1. The van der Waals surface area contributed by atoms with Gasteiger partial charge in [-0.1, -0.05) is 29.5 Å². The summed E-state index contributed by atoms with van der Waals surface area (Å²) in [5.74, 6) is -6.27. The predicted octanol–water partition coefficient (Wildman–Crippen LogP) is 4.10. The second-order valence-electron chi connectivity index (χ2n) is 3.57. The number of rotatable bonds is 2. The number of hydrogen-bond donors (Lipinski definition) is 0. The summed E-state index contributed by atoms with van der Waals surface area (Å²) in [6.45, 7) is 1.80. The molecule has 2 aromatic rings. The van der Waals surface area contributed by atoms with Crippen molar-refractivity contribution < 1.29 is 17.6 Å². The molecule has 0 aliphatic carbocycles. The van der Waals surface area contributed by atoms with Crippen molar-refractivity contribution in [2.75, 3.05) is 0 Å². The molecule has 2 rings (SSSR count). The first-order chi connectivity index (χ1) is 8.49. The molecule has 94 valence electrons. The van der Waals surface area contributed by atoms with Crippen LogP contribution in [0.5, 0.6) is 0 Å². The molecular weight excluding hydrogens is 266 g/mol. The van der Waals surface area contributed by atoms with Gasteiger partial charge in [0.05, 0.1) is 4.90 Å². The molecule has 0 fully saturated rings. The molecule has 0 amide bonds. The lowest BCUT2D eigenvalue weighted by Crippen LogP contribution is -2.01. The summed E-state index contributed by atoms with van der Waals surface area (Å²) in [4.78, 5) is 2.25. The topological polar surface area (TPSA) is 12.9 Å². The van der Waals surface area contributed by atoms with Crippen molar-refractivity contribution in [2.45, 2.75) is 16.7 Å². The van der Waals surface area contributed by atoms with Gasteiger partial charge in [-0.15, -0.1) is 0 Å². The number of nitrogens with zero attached hydrogens (tertiary/aromatic N) is 1. The van der Waals surface area contributed by atoms with Crippen LogP contribution in [-0.2, 0) is 0 Å². The highest BCUT2D eigenvalue weighted by molar-refractivity contribution is 7.99. The maximum atomic E-state index is 13.4. The van der Waals surface area contributed by atoms with Crippen molar-refractivity contribution in [3.63, 3.8) is 0 Å². The molecule has 1 nitrogen and oxygen atoms in total. The van der Waals surface area contributed by atoms with Gasteiger partial charge < -0.3 is 0 Å². The highest BCUT2D eigenvalue weighted by Crippen LogP contribution is 2.33. The molecule has 0 unspecified atom stereocenters. The number of halogens is 4. The van der Waals surface area contributed by atoms with E-state index >= 15 is 0 Å². The fourth-order valence-corrected chi connectivity index (χ4v) is 2.33. The molecule has 1 heterocycles. The van der Waals surface area contributed by atoms with E-state index in [9.17, 15) is 17.6 Å². The lowest BCUT2D eigenvalue weighted by molar-refractivity contribution is 0.383. The van der Waals surface area contributed by atoms with Gasteiger partial charge in [0.25, 0.3) is 11.9 Å². The van der Waals surface area contributed by atoms with Crippen LogP contribution in [0.1, 0.15) is 5.56 Å². The zero-order valence-electron chi connectivity index (χ0n) is 9.18. The van der Waals surface area contributed by atoms with Crippen LogP contribution in [0.25, 0.3) is 0 Å². The van der Waals surface area contributed by atoms with Crippen molar-refractivity contribution in [1.82, 2.24) is 4.98 Å². The van der Waals surface area contributed by atoms with Gasteiger partial charge >= 0.3 is 0 Å². The summed E-state index contributed by atoms with van der Waals surface area (Å²) in [7, 11) is 0. The van der Waals surface area contributed by atoms with Crippen LogP contribution in [0.2, 0.25) is 0 Å². The van der Waals surface area contributed by atoms with Crippen molar-refractivity contribution >= 4 is 11.8 Å². The average Bonchev–Trinajstić information content (AvgIpc) is 2.32. The fourth-order valence-electron chi connectivity index (χ4n) is 1.35. The first-order valence-corrected chi connectivity index (χ1v) is 5.75. The van der Waals surface area contributed by atoms with Gasteiger partial charge in [-0.3, -0.25) is 0 Å². The van der Waals surface area contributed by atoms with Crippen LogP contribution in [0.3, 0.4) is 0 Å². The van der Waals surface area contributed by atoms with E-state index < -0.39 is 28.4 Å². The van der Waals surface area contributed by atoms with E-state index in [1.807, 2.05) is 0 Å². The van der Waals surface area contributed by atoms with Gasteiger partial charge in [0.2, 0.25) is 0 Å². The number of hydrogen-bond acceptors (Lipinski definition) is 2. The Balaban J connectivity index is 2.46. The van der Waals surface area contributed by atoms with Crippen molar-refractivity contribution in [1.29, 1.82) is 0 Å². The Kier molecular flexibility index (Phi) is 3.56. The molecule has 0 radical (unpaired) electrons. The Hall–Kier alpha value is -1.56. The Bertz CT molecular complexity index is 575. The van der Waals surface area contributed by atoms with E-state index in [1.54, 1.807) is 31.2 Å². The predicted molar refractivity (Wildman–Crippen MR) is 59.4 cm³/mol. The van der Waals surface area contributed by atoms with Crippen LogP contribution >= 0.6 is 11.8 Å². The van der Waals surface area contributed by atoms with E-state index in [-0.39, 0.29) is 0 Å². The third kappa shape index (κ3) is 2.48. The first-order valence-electron chi connectivity index (χ1n) is 4.93. The van der Waals surface area contributed by atoms with E-state index in [4.69, 9.17) is 0 Å². The van der Waals surface area contributed by atoms with Crippen LogP contribution in [-0.4, -0.2) is 4.98 Å². The Labute approximate surface area is 105 Å². The normalized spacial score (nSPS) is 10.7. The Morgan fingerprint density at radius 2 is 1.61 bits per heavy atom. The van der Waals surface area contributed by atoms with E-state index in [1.165, 1.54) is 0 Å². The molecule has 0 saturated carbocycles. The molecule has 1 aromatic carbocycles. The second-order valence-corrected chi connectivity index (χ2v) is 4.65. The van der Waals surface area contributed by atoms with Crippen LogP contribution in [0.15, 0.2) is 34.1 Å². The SMILES string of the molecule is Cc1cccc(Sc2c(F)c(F)nc(F)c2F)c1. The lowest BCUT2D eigenvalue weighted by Gasteiger charge is -2.06. The van der Waals surface area contributed by atoms with E-state index in [0.717, 1.165) is 5.56 Å². The summed E-state index contributed by atoms with van der Waals surface area (Å²) in [5.41, 5.74) is 0.871. The molecule has 0 spiro atoms. The smallest absolute Gasteiger partial charge is 0.201 e. The maximum Gasteiger partial charge on any atom is 0.252 e. The number of aromatic nitrogens is 1. The van der Waals surface area contributed by atoms with Crippen LogP contribution in [0.4, 0.5) is 17.6 Å². The summed E-state index contributed by atoms with van der Waals surface area (Å²) in [5, 5.41) is 0. The largest absolute Gasteiger partial charge is 0.252 e. The Morgan fingerprint density at radius 1 is 1.00 bits per heavy atom. The fraction of sp³-hybridized carbons (Fsp3) is 0.0833. The molecular formula is C12H7F4NS. The summed E-state index contributed by atoms with van der Waals surface area (Å²) in [6.07, 6.45) is 0. The van der Waals surface area contributed by atoms with Crippen LogP contribution < -0.4 is 0 Å². The molecule has 1 aromatic heterocycles. The van der Waals surface area contributed by atoms with E-state index in [2.05, 4.69) is 4.98 Å². The van der Waals surface area contributed by atoms with Gasteiger partial charge in [-0.2, -0.15) is 13.8 Å². The maximum absolute atomic E-state index is 13.4. The molecule has 0 bridgehead atoms. The van der Waals surface area contributed by atoms with Gasteiger partial charge in [0, 0.05) is 4.90 Å². The minimum Gasteiger partial charge on any atom is -0.201 e. The third-order valence-electron chi connectivity index (χ3n) is 2.17. The number of pyridine rings is 1. The van der Waals surface area contributed by atoms with Gasteiger partial charge in [0.1, 0.15) is 0 Å². The summed E-state index contributed by atoms with van der Waals surface area (Å²) >= 11 is 0.613. The molecule has 6 heteroatoms. The van der Waals surface area contributed by atoms with Crippen molar-refractivity contribution in [2.24, 2.45) is 0 Å².